The van der Waals surface area contributed by atoms with Gasteiger partial charge in [0, 0.05) is 12.1 Å². The highest BCUT2D eigenvalue weighted by atomic mass is 15.3. The Hall–Kier alpha value is -1.68. The van der Waals surface area contributed by atoms with Gasteiger partial charge >= 0.3 is 0 Å². The Bertz CT molecular complexity index is 605. The summed E-state index contributed by atoms with van der Waals surface area (Å²) in [5, 5.41) is 8.03. The number of hydrogen-bond acceptors (Lipinski definition) is 3. The van der Waals surface area contributed by atoms with E-state index in [2.05, 4.69) is 61.3 Å². The molecule has 4 nitrogen and oxygen atoms in total. The van der Waals surface area contributed by atoms with Gasteiger partial charge in [0.05, 0.1) is 5.69 Å². The zero-order valence-electron chi connectivity index (χ0n) is 13.3. The van der Waals surface area contributed by atoms with Crippen molar-refractivity contribution < 1.29 is 0 Å². The number of rotatable bonds is 3. The van der Waals surface area contributed by atoms with Crippen LogP contribution in [0.25, 0.3) is 5.69 Å². The summed E-state index contributed by atoms with van der Waals surface area (Å²) in [5.41, 5.74) is 3.70. The summed E-state index contributed by atoms with van der Waals surface area (Å²) >= 11 is 0. The molecule has 0 atom stereocenters. The first-order chi connectivity index (χ1) is 9.26. The van der Waals surface area contributed by atoms with Crippen LogP contribution in [0.5, 0.6) is 0 Å². The van der Waals surface area contributed by atoms with Crippen molar-refractivity contribution in [3.8, 4) is 5.69 Å². The molecule has 0 saturated heterocycles. The van der Waals surface area contributed by atoms with E-state index in [-0.39, 0.29) is 5.54 Å². The van der Waals surface area contributed by atoms with Crippen LogP contribution in [-0.2, 0) is 6.54 Å². The van der Waals surface area contributed by atoms with E-state index < -0.39 is 0 Å². The molecule has 2 rings (SSSR count). The molecule has 0 saturated carbocycles. The summed E-state index contributed by atoms with van der Waals surface area (Å²) in [4.78, 5) is 4.39. The Morgan fingerprint density at radius 2 is 1.85 bits per heavy atom. The molecule has 0 radical (unpaired) electrons. The lowest BCUT2D eigenvalue weighted by atomic mass is 10.1. The van der Waals surface area contributed by atoms with E-state index >= 15 is 0 Å². The highest BCUT2D eigenvalue weighted by Gasteiger charge is 2.13. The molecule has 0 aliphatic heterocycles. The maximum absolute atomic E-state index is 4.49. The van der Waals surface area contributed by atoms with E-state index in [0.717, 1.165) is 23.9 Å². The summed E-state index contributed by atoms with van der Waals surface area (Å²) in [6.45, 7) is 13.4. The van der Waals surface area contributed by atoms with Crippen molar-refractivity contribution in [2.75, 3.05) is 0 Å². The molecule has 0 fully saturated rings. The van der Waals surface area contributed by atoms with Crippen molar-refractivity contribution in [2.45, 2.75) is 53.6 Å². The summed E-state index contributed by atoms with van der Waals surface area (Å²) in [7, 11) is 0. The minimum atomic E-state index is 0.0916. The first-order valence-corrected chi connectivity index (χ1v) is 7.01. The SMILES string of the molecule is Cc1ccc(-n2nc(C)nc2C)c(CNC(C)(C)C)c1. The Balaban J connectivity index is 2.40. The summed E-state index contributed by atoms with van der Waals surface area (Å²) in [6.07, 6.45) is 0. The fraction of sp³-hybridized carbons (Fsp3) is 0.500. The molecular weight excluding hydrogens is 248 g/mol. The van der Waals surface area contributed by atoms with E-state index in [0.29, 0.717) is 0 Å². The number of benzene rings is 1. The monoisotopic (exact) mass is 272 g/mol. The van der Waals surface area contributed by atoms with Crippen molar-refractivity contribution in [1.29, 1.82) is 0 Å². The van der Waals surface area contributed by atoms with Gasteiger partial charge in [0.1, 0.15) is 11.6 Å². The quantitative estimate of drug-likeness (QED) is 0.933. The number of aromatic nitrogens is 3. The average molecular weight is 272 g/mol. The minimum Gasteiger partial charge on any atom is -0.308 e. The second-order valence-electron chi connectivity index (χ2n) is 6.35. The Morgan fingerprint density at radius 1 is 1.15 bits per heavy atom. The fourth-order valence-electron chi connectivity index (χ4n) is 2.17. The van der Waals surface area contributed by atoms with E-state index in [4.69, 9.17) is 0 Å². The molecule has 4 heteroatoms. The van der Waals surface area contributed by atoms with E-state index in [1.54, 1.807) is 0 Å². The third kappa shape index (κ3) is 3.45. The highest BCUT2D eigenvalue weighted by Crippen LogP contribution is 2.18. The van der Waals surface area contributed by atoms with Crippen LogP contribution in [0.15, 0.2) is 18.2 Å². The molecule has 1 N–H and O–H groups in total. The van der Waals surface area contributed by atoms with Gasteiger partial charge in [-0.25, -0.2) is 9.67 Å². The first kappa shape index (κ1) is 14.7. The van der Waals surface area contributed by atoms with Crippen molar-refractivity contribution >= 4 is 0 Å². The topological polar surface area (TPSA) is 42.7 Å². The molecule has 0 spiro atoms. The van der Waals surface area contributed by atoms with Gasteiger partial charge in [-0.05, 0) is 53.2 Å². The maximum atomic E-state index is 4.49. The molecule has 1 heterocycles. The zero-order valence-corrected chi connectivity index (χ0v) is 13.3. The predicted octanol–water partition coefficient (Wildman–Crippen LogP) is 3.08. The predicted molar refractivity (Wildman–Crippen MR) is 82.2 cm³/mol. The second kappa shape index (κ2) is 5.37. The van der Waals surface area contributed by atoms with Crippen LogP contribution in [0.4, 0.5) is 0 Å². The highest BCUT2D eigenvalue weighted by molar-refractivity contribution is 5.43. The van der Waals surface area contributed by atoms with Gasteiger partial charge in [-0.3, -0.25) is 0 Å². The van der Waals surface area contributed by atoms with Crippen LogP contribution in [0.1, 0.15) is 43.5 Å². The zero-order chi connectivity index (χ0) is 14.9. The standard InChI is InChI=1S/C16H24N4/c1-11-7-8-15(20-13(3)18-12(2)19-20)14(9-11)10-17-16(4,5)6/h7-9,17H,10H2,1-6H3. The van der Waals surface area contributed by atoms with Crippen molar-refractivity contribution in [2.24, 2.45) is 0 Å². The summed E-state index contributed by atoms with van der Waals surface area (Å²) in [6, 6.07) is 6.45. The van der Waals surface area contributed by atoms with Gasteiger partial charge in [-0.15, -0.1) is 0 Å². The lowest BCUT2D eigenvalue weighted by molar-refractivity contribution is 0.423. The molecule has 0 aliphatic rings. The molecule has 0 aliphatic carbocycles. The largest absolute Gasteiger partial charge is 0.308 e. The van der Waals surface area contributed by atoms with Gasteiger partial charge in [0.15, 0.2) is 0 Å². The molecular formula is C16H24N4. The smallest absolute Gasteiger partial charge is 0.148 e. The van der Waals surface area contributed by atoms with Gasteiger partial charge < -0.3 is 5.32 Å². The van der Waals surface area contributed by atoms with Gasteiger partial charge in [0.2, 0.25) is 0 Å². The Labute approximate surface area is 121 Å². The van der Waals surface area contributed by atoms with Gasteiger partial charge in [-0.1, -0.05) is 17.7 Å². The number of nitrogens with one attached hydrogen (secondary N) is 1. The number of nitrogens with zero attached hydrogens (tertiary/aromatic N) is 3. The summed E-state index contributed by atoms with van der Waals surface area (Å²) in [5.74, 6) is 1.72. The lowest BCUT2D eigenvalue weighted by Gasteiger charge is -2.22. The first-order valence-electron chi connectivity index (χ1n) is 7.01. The minimum absolute atomic E-state index is 0.0916. The van der Waals surface area contributed by atoms with Gasteiger partial charge in [-0.2, -0.15) is 5.10 Å². The maximum Gasteiger partial charge on any atom is 0.148 e. The third-order valence-electron chi connectivity index (χ3n) is 3.15. The number of hydrogen-bond donors (Lipinski definition) is 1. The van der Waals surface area contributed by atoms with Crippen LogP contribution in [0.3, 0.4) is 0 Å². The average Bonchev–Trinajstić information content (AvgIpc) is 2.65. The van der Waals surface area contributed by atoms with Crippen LogP contribution in [-0.4, -0.2) is 20.3 Å². The molecule has 0 amide bonds. The normalized spacial score (nSPS) is 11.9. The van der Waals surface area contributed by atoms with Crippen molar-refractivity contribution in [1.82, 2.24) is 20.1 Å². The van der Waals surface area contributed by atoms with Crippen LogP contribution < -0.4 is 5.32 Å². The fourth-order valence-corrected chi connectivity index (χ4v) is 2.17. The van der Waals surface area contributed by atoms with Gasteiger partial charge in [0.25, 0.3) is 0 Å². The lowest BCUT2D eigenvalue weighted by Crippen LogP contribution is -2.35. The molecule has 1 aromatic heterocycles. The number of aryl methyl sites for hydroxylation is 3. The third-order valence-corrected chi connectivity index (χ3v) is 3.15. The molecule has 20 heavy (non-hydrogen) atoms. The molecule has 108 valence electrons. The van der Waals surface area contributed by atoms with Crippen LogP contribution in [0.2, 0.25) is 0 Å². The molecule has 1 aromatic carbocycles. The van der Waals surface area contributed by atoms with E-state index in [9.17, 15) is 0 Å². The summed E-state index contributed by atoms with van der Waals surface area (Å²) < 4.78 is 1.93. The van der Waals surface area contributed by atoms with Crippen molar-refractivity contribution in [3.63, 3.8) is 0 Å². The van der Waals surface area contributed by atoms with Crippen LogP contribution >= 0.6 is 0 Å². The van der Waals surface area contributed by atoms with Crippen molar-refractivity contribution in [3.05, 3.63) is 41.0 Å². The molecule has 2 aromatic rings. The van der Waals surface area contributed by atoms with E-state index in [1.807, 2.05) is 18.5 Å². The Kier molecular flexibility index (Phi) is 3.95. The van der Waals surface area contributed by atoms with Crippen LogP contribution in [0, 0.1) is 20.8 Å². The molecule has 0 unspecified atom stereocenters. The second-order valence-corrected chi connectivity index (χ2v) is 6.35. The molecule has 0 bridgehead atoms. The van der Waals surface area contributed by atoms with E-state index in [1.165, 1.54) is 11.1 Å². The Morgan fingerprint density at radius 3 is 2.40 bits per heavy atom.